The number of esters is 1. The number of hydrogen-bond acceptors (Lipinski definition) is 4. The van der Waals surface area contributed by atoms with Gasteiger partial charge in [0.2, 0.25) is 0 Å². The summed E-state index contributed by atoms with van der Waals surface area (Å²) >= 11 is 0. The van der Waals surface area contributed by atoms with Crippen molar-refractivity contribution in [3.63, 3.8) is 0 Å². The minimum atomic E-state index is -0.514. The van der Waals surface area contributed by atoms with Crippen LogP contribution in [0, 0.1) is 0 Å². The highest BCUT2D eigenvalue weighted by Crippen LogP contribution is 2.06. The molecular weight excluding hydrogens is 210 g/mol. The summed E-state index contributed by atoms with van der Waals surface area (Å²) in [6.07, 6.45) is 0. The molecule has 0 unspecified atom stereocenters. The van der Waals surface area contributed by atoms with Crippen LogP contribution in [0.3, 0.4) is 0 Å². The van der Waals surface area contributed by atoms with E-state index in [2.05, 4.69) is 10.4 Å². The van der Waals surface area contributed by atoms with Crippen LogP contribution in [0.5, 0.6) is 0 Å². The van der Waals surface area contributed by atoms with E-state index in [1.165, 1.54) is 17.8 Å². The maximum atomic E-state index is 11.5. The van der Waals surface area contributed by atoms with Gasteiger partial charge in [-0.2, -0.15) is 5.10 Å². The fourth-order valence-electron chi connectivity index (χ4n) is 1.27. The number of carbonyl (C=O) groups excluding carboxylic acids is 2. The molecule has 1 aromatic rings. The van der Waals surface area contributed by atoms with Crippen LogP contribution >= 0.6 is 0 Å². The highest BCUT2D eigenvalue weighted by atomic mass is 16.5. The zero-order chi connectivity index (χ0) is 12.1. The van der Waals surface area contributed by atoms with Crippen molar-refractivity contribution in [1.82, 2.24) is 15.1 Å². The molecule has 88 valence electrons. The first-order valence-corrected chi connectivity index (χ1v) is 5.11. The lowest BCUT2D eigenvalue weighted by Gasteiger charge is -2.01. The first-order chi connectivity index (χ1) is 7.63. The van der Waals surface area contributed by atoms with Gasteiger partial charge in [-0.15, -0.1) is 0 Å². The van der Waals surface area contributed by atoms with E-state index in [-0.39, 0.29) is 18.2 Å². The average molecular weight is 225 g/mol. The minimum absolute atomic E-state index is 0.155. The van der Waals surface area contributed by atoms with Crippen molar-refractivity contribution in [2.75, 3.05) is 13.7 Å². The van der Waals surface area contributed by atoms with Gasteiger partial charge in [-0.3, -0.25) is 9.48 Å². The molecule has 0 radical (unpaired) electrons. The molecular formula is C10H15N3O3. The molecule has 0 bridgehead atoms. The van der Waals surface area contributed by atoms with Gasteiger partial charge >= 0.3 is 5.97 Å². The summed E-state index contributed by atoms with van der Waals surface area (Å²) in [6, 6.07) is 1.43. The van der Waals surface area contributed by atoms with E-state index in [0.29, 0.717) is 12.2 Å². The molecule has 0 spiro atoms. The Morgan fingerprint density at radius 1 is 1.50 bits per heavy atom. The van der Waals surface area contributed by atoms with Crippen molar-refractivity contribution in [1.29, 1.82) is 0 Å². The van der Waals surface area contributed by atoms with Crippen LogP contribution in [0.15, 0.2) is 6.07 Å². The third-order valence-corrected chi connectivity index (χ3v) is 2.02. The molecule has 1 heterocycles. The lowest BCUT2D eigenvalue weighted by molar-refractivity contribution is 0.0518. The molecule has 0 aliphatic rings. The Hall–Kier alpha value is -1.85. The second-order valence-electron chi connectivity index (χ2n) is 3.03. The molecule has 0 saturated heterocycles. The largest absolute Gasteiger partial charge is 0.461 e. The minimum Gasteiger partial charge on any atom is -0.461 e. The van der Waals surface area contributed by atoms with Gasteiger partial charge in [-0.25, -0.2) is 4.79 Å². The van der Waals surface area contributed by atoms with Crippen LogP contribution in [0.25, 0.3) is 0 Å². The summed E-state index contributed by atoms with van der Waals surface area (Å²) in [5, 5.41) is 6.49. The zero-order valence-electron chi connectivity index (χ0n) is 9.61. The summed E-state index contributed by atoms with van der Waals surface area (Å²) in [4.78, 5) is 22.9. The predicted octanol–water partition coefficient (Wildman–Crippen LogP) is 0.439. The number of aryl methyl sites for hydroxylation is 1. The van der Waals surface area contributed by atoms with Crippen LogP contribution in [-0.4, -0.2) is 35.3 Å². The van der Waals surface area contributed by atoms with Crippen molar-refractivity contribution in [2.24, 2.45) is 0 Å². The average Bonchev–Trinajstić information content (AvgIpc) is 2.72. The van der Waals surface area contributed by atoms with Crippen molar-refractivity contribution in [2.45, 2.75) is 20.4 Å². The first-order valence-electron chi connectivity index (χ1n) is 5.11. The van der Waals surface area contributed by atoms with E-state index in [9.17, 15) is 9.59 Å². The van der Waals surface area contributed by atoms with E-state index < -0.39 is 5.97 Å². The zero-order valence-corrected chi connectivity index (χ0v) is 9.61. The normalized spacial score (nSPS) is 9.94. The maximum absolute atomic E-state index is 11.5. The van der Waals surface area contributed by atoms with Gasteiger partial charge < -0.3 is 10.1 Å². The standard InChI is InChI=1S/C10H15N3O3/c1-4-13-8(9(14)11-3)6-7(12-13)10(15)16-5-2/h6H,4-5H2,1-3H3,(H,11,14). The summed E-state index contributed by atoms with van der Waals surface area (Å²) < 4.78 is 6.27. The van der Waals surface area contributed by atoms with Gasteiger partial charge in [0.15, 0.2) is 5.69 Å². The molecule has 16 heavy (non-hydrogen) atoms. The number of nitrogens with zero attached hydrogens (tertiary/aromatic N) is 2. The highest BCUT2D eigenvalue weighted by molar-refractivity contribution is 5.95. The lowest BCUT2D eigenvalue weighted by Crippen LogP contribution is -2.21. The van der Waals surface area contributed by atoms with Gasteiger partial charge in [-0.1, -0.05) is 0 Å². The Labute approximate surface area is 93.6 Å². The molecule has 0 fully saturated rings. The Morgan fingerprint density at radius 3 is 2.69 bits per heavy atom. The SMILES string of the molecule is CCOC(=O)c1cc(C(=O)NC)n(CC)n1. The van der Waals surface area contributed by atoms with Crippen LogP contribution in [0.4, 0.5) is 0 Å². The number of nitrogens with one attached hydrogen (secondary N) is 1. The molecule has 0 saturated carbocycles. The van der Waals surface area contributed by atoms with Crippen molar-refractivity contribution >= 4 is 11.9 Å². The summed E-state index contributed by atoms with van der Waals surface area (Å²) in [5.41, 5.74) is 0.510. The smallest absolute Gasteiger partial charge is 0.358 e. The van der Waals surface area contributed by atoms with Crippen LogP contribution in [0.1, 0.15) is 34.8 Å². The van der Waals surface area contributed by atoms with E-state index >= 15 is 0 Å². The molecule has 6 nitrogen and oxygen atoms in total. The number of carbonyl (C=O) groups is 2. The number of aromatic nitrogens is 2. The molecule has 1 aromatic heterocycles. The molecule has 0 aliphatic heterocycles. The van der Waals surface area contributed by atoms with Gasteiger partial charge in [-0.05, 0) is 13.8 Å². The quantitative estimate of drug-likeness (QED) is 0.754. The number of hydrogen-bond donors (Lipinski definition) is 1. The Morgan fingerprint density at radius 2 is 2.19 bits per heavy atom. The van der Waals surface area contributed by atoms with Crippen LogP contribution in [-0.2, 0) is 11.3 Å². The fraction of sp³-hybridized carbons (Fsp3) is 0.500. The van der Waals surface area contributed by atoms with Crippen molar-refractivity contribution in [3.8, 4) is 0 Å². The first kappa shape index (κ1) is 12.2. The van der Waals surface area contributed by atoms with E-state index in [4.69, 9.17) is 4.74 Å². The lowest BCUT2D eigenvalue weighted by atomic mass is 10.3. The van der Waals surface area contributed by atoms with Gasteiger partial charge in [0.25, 0.3) is 5.91 Å². The molecule has 0 atom stereocenters. The maximum Gasteiger partial charge on any atom is 0.358 e. The third-order valence-electron chi connectivity index (χ3n) is 2.02. The van der Waals surface area contributed by atoms with Crippen molar-refractivity contribution in [3.05, 3.63) is 17.5 Å². The van der Waals surface area contributed by atoms with Crippen molar-refractivity contribution < 1.29 is 14.3 Å². The van der Waals surface area contributed by atoms with E-state index in [1.54, 1.807) is 6.92 Å². The van der Waals surface area contributed by atoms with Crippen LogP contribution in [0.2, 0.25) is 0 Å². The highest BCUT2D eigenvalue weighted by Gasteiger charge is 2.18. The summed E-state index contributed by atoms with van der Waals surface area (Å²) in [6.45, 7) is 4.36. The Kier molecular flexibility index (Phi) is 4.04. The number of rotatable bonds is 4. The molecule has 1 rings (SSSR count). The molecule has 6 heteroatoms. The Balaban J connectivity index is 3.02. The molecule has 0 aliphatic carbocycles. The molecule has 1 amide bonds. The summed E-state index contributed by atoms with van der Waals surface area (Å²) in [7, 11) is 1.53. The van der Waals surface area contributed by atoms with E-state index in [0.717, 1.165) is 0 Å². The predicted molar refractivity (Wildman–Crippen MR) is 57.2 cm³/mol. The van der Waals surface area contributed by atoms with Gasteiger partial charge in [0.05, 0.1) is 6.61 Å². The van der Waals surface area contributed by atoms with Crippen LogP contribution < -0.4 is 5.32 Å². The molecule has 0 aromatic carbocycles. The third kappa shape index (κ3) is 2.39. The van der Waals surface area contributed by atoms with Gasteiger partial charge in [0, 0.05) is 19.7 Å². The summed E-state index contributed by atoms with van der Waals surface area (Å²) in [5.74, 6) is -0.787. The Bertz CT molecular complexity index is 398. The molecule has 1 N–H and O–H groups in total. The topological polar surface area (TPSA) is 73.2 Å². The van der Waals surface area contributed by atoms with Gasteiger partial charge in [0.1, 0.15) is 5.69 Å². The number of amides is 1. The van der Waals surface area contributed by atoms with E-state index in [1.807, 2.05) is 6.92 Å². The monoisotopic (exact) mass is 225 g/mol. The number of ether oxygens (including phenoxy) is 1. The second-order valence-corrected chi connectivity index (χ2v) is 3.03. The second kappa shape index (κ2) is 5.29. The fourth-order valence-corrected chi connectivity index (χ4v) is 1.27.